The van der Waals surface area contributed by atoms with Crippen molar-refractivity contribution in [2.75, 3.05) is 20.7 Å². The van der Waals surface area contributed by atoms with Gasteiger partial charge >= 0.3 is 5.97 Å². The molecule has 1 aliphatic rings. The number of hydrogen-bond acceptors (Lipinski definition) is 5. The minimum atomic E-state index is -0.384. The second-order valence-electron chi connectivity index (χ2n) is 4.21. The van der Waals surface area contributed by atoms with Gasteiger partial charge in [-0.25, -0.2) is 0 Å². The maximum atomic E-state index is 11.7. The van der Waals surface area contributed by atoms with E-state index in [2.05, 4.69) is 10.1 Å². The van der Waals surface area contributed by atoms with Crippen molar-refractivity contribution in [3.63, 3.8) is 0 Å². The van der Waals surface area contributed by atoms with Gasteiger partial charge < -0.3 is 10.1 Å². The minimum Gasteiger partial charge on any atom is -0.469 e. The van der Waals surface area contributed by atoms with E-state index >= 15 is 0 Å². The maximum Gasteiger partial charge on any atom is 0.309 e. The Morgan fingerprint density at radius 1 is 1.59 bits per heavy atom. The van der Waals surface area contributed by atoms with Crippen LogP contribution in [-0.4, -0.2) is 49.4 Å². The predicted octanol–water partition coefficient (Wildman–Crippen LogP) is -0.467. The number of likely N-dealkylation sites (tertiary alicyclic amines) is 1. The van der Waals surface area contributed by atoms with Crippen molar-refractivity contribution in [2.24, 2.45) is 5.92 Å². The highest BCUT2D eigenvalue weighted by molar-refractivity contribution is 6.00. The van der Waals surface area contributed by atoms with Crippen LogP contribution in [0.3, 0.4) is 0 Å². The molecule has 1 heterocycles. The number of hydrogen-bond donors (Lipinski definition) is 1. The Kier molecular flexibility index (Phi) is 4.62. The number of likely N-dealkylation sites (N-methyl/N-ethyl adjacent to an activating group) is 1. The van der Waals surface area contributed by atoms with Gasteiger partial charge in [-0.1, -0.05) is 6.92 Å². The largest absolute Gasteiger partial charge is 0.469 e. The zero-order valence-corrected chi connectivity index (χ0v) is 10.4. The molecule has 1 saturated heterocycles. The van der Waals surface area contributed by atoms with Crippen LogP contribution >= 0.6 is 0 Å². The highest BCUT2D eigenvalue weighted by Gasteiger charge is 2.31. The summed E-state index contributed by atoms with van der Waals surface area (Å²) in [6.07, 6.45) is 0.836. The monoisotopic (exact) mass is 242 g/mol. The average molecular weight is 242 g/mol. The second kappa shape index (κ2) is 5.77. The van der Waals surface area contributed by atoms with Crippen LogP contribution in [0.2, 0.25) is 0 Å². The van der Waals surface area contributed by atoms with E-state index in [4.69, 9.17) is 0 Å². The van der Waals surface area contributed by atoms with E-state index in [0.29, 0.717) is 19.4 Å². The van der Waals surface area contributed by atoms with E-state index in [9.17, 15) is 14.4 Å². The van der Waals surface area contributed by atoms with Gasteiger partial charge in [0.1, 0.15) is 0 Å². The summed E-state index contributed by atoms with van der Waals surface area (Å²) in [6.45, 7) is 2.09. The molecule has 1 fully saturated rings. The standard InChI is InChI=1S/C11H18N2O4/c1-7(11(16)17-3)6-12-8-4-5-9(14)13(2)10(8)15/h7-8,12H,4-6H2,1-3H3. The van der Waals surface area contributed by atoms with E-state index in [1.807, 2.05) is 0 Å². The molecular weight excluding hydrogens is 224 g/mol. The van der Waals surface area contributed by atoms with Crippen LogP contribution in [0.1, 0.15) is 19.8 Å². The van der Waals surface area contributed by atoms with E-state index < -0.39 is 0 Å². The molecule has 0 saturated carbocycles. The second-order valence-corrected chi connectivity index (χ2v) is 4.21. The third-order valence-corrected chi connectivity index (χ3v) is 2.92. The highest BCUT2D eigenvalue weighted by atomic mass is 16.5. The molecule has 1 aliphatic heterocycles. The number of rotatable bonds is 4. The molecule has 0 aliphatic carbocycles. The molecule has 0 aromatic rings. The zero-order valence-electron chi connectivity index (χ0n) is 10.4. The summed E-state index contributed by atoms with van der Waals surface area (Å²) in [5.74, 6) is -1.02. The third-order valence-electron chi connectivity index (χ3n) is 2.92. The Morgan fingerprint density at radius 2 is 2.24 bits per heavy atom. The smallest absolute Gasteiger partial charge is 0.309 e. The predicted molar refractivity (Wildman–Crippen MR) is 60.0 cm³/mol. The number of ether oxygens (including phenoxy) is 1. The van der Waals surface area contributed by atoms with E-state index in [-0.39, 0.29) is 29.7 Å². The van der Waals surface area contributed by atoms with E-state index in [0.717, 1.165) is 4.90 Å². The first-order valence-electron chi connectivity index (χ1n) is 5.59. The molecule has 6 nitrogen and oxygen atoms in total. The molecule has 2 atom stereocenters. The van der Waals surface area contributed by atoms with Gasteiger partial charge in [0.15, 0.2) is 0 Å². The number of nitrogens with one attached hydrogen (secondary N) is 1. The number of carbonyl (C=O) groups is 3. The highest BCUT2D eigenvalue weighted by Crippen LogP contribution is 2.11. The summed E-state index contributed by atoms with van der Waals surface area (Å²) in [7, 11) is 2.80. The quantitative estimate of drug-likeness (QED) is 0.533. The van der Waals surface area contributed by atoms with Gasteiger partial charge in [-0.15, -0.1) is 0 Å². The van der Waals surface area contributed by atoms with Gasteiger partial charge in [-0.3, -0.25) is 19.3 Å². The minimum absolute atomic E-state index is 0.158. The molecule has 2 amide bonds. The molecule has 96 valence electrons. The molecule has 1 rings (SSSR count). The lowest BCUT2D eigenvalue weighted by Gasteiger charge is -2.28. The van der Waals surface area contributed by atoms with Crippen LogP contribution in [-0.2, 0) is 19.1 Å². The van der Waals surface area contributed by atoms with Crippen molar-refractivity contribution in [1.29, 1.82) is 0 Å². The fourth-order valence-corrected chi connectivity index (χ4v) is 1.71. The summed E-state index contributed by atoms with van der Waals surface area (Å²) in [4.78, 5) is 35.3. The van der Waals surface area contributed by atoms with Gasteiger partial charge in [0.25, 0.3) is 0 Å². The Labute approximate surface area is 100 Å². The number of esters is 1. The van der Waals surface area contributed by atoms with Gasteiger partial charge in [-0.2, -0.15) is 0 Å². The third kappa shape index (κ3) is 3.26. The first-order valence-corrected chi connectivity index (χ1v) is 5.59. The summed E-state index contributed by atoms with van der Waals surface area (Å²) in [5.41, 5.74) is 0. The van der Waals surface area contributed by atoms with Crippen molar-refractivity contribution in [1.82, 2.24) is 10.2 Å². The summed E-state index contributed by atoms with van der Waals surface area (Å²) in [6, 6.07) is -0.384. The molecular formula is C11H18N2O4. The van der Waals surface area contributed by atoms with Crippen LogP contribution in [0.25, 0.3) is 0 Å². The first kappa shape index (κ1) is 13.6. The molecule has 0 radical (unpaired) electrons. The maximum absolute atomic E-state index is 11.7. The molecule has 1 N–H and O–H groups in total. The number of nitrogens with zero attached hydrogens (tertiary/aromatic N) is 1. The number of amides is 2. The Morgan fingerprint density at radius 3 is 2.82 bits per heavy atom. The lowest BCUT2D eigenvalue weighted by atomic mass is 10.0. The van der Waals surface area contributed by atoms with Crippen molar-refractivity contribution in [2.45, 2.75) is 25.8 Å². The van der Waals surface area contributed by atoms with Gasteiger partial charge in [0, 0.05) is 20.0 Å². The Bertz CT molecular complexity index is 329. The molecule has 0 bridgehead atoms. The van der Waals surface area contributed by atoms with E-state index in [1.54, 1.807) is 6.92 Å². The average Bonchev–Trinajstić information content (AvgIpc) is 2.33. The van der Waals surface area contributed by atoms with Crippen LogP contribution < -0.4 is 5.32 Å². The van der Waals surface area contributed by atoms with Gasteiger partial charge in [0.05, 0.1) is 19.1 Å². The lowest BCUT2D eigenvalue weighted by molar-refractivity contribution is -0.149. The van der Waals surface area contributed by atoms with Crippen molar-refractivity contribution in [3.05, 3.63) is 0 Å². The molecule has 17 heavy (non-hydrogen) atoms. The molecule has 2 unspecified atom stereocenters. The zero-order chi connectivity index (χ0) is 13.0. The van der Waals surface area contributed by atoms with Crippen LogP contribution in [0.5, 0.6) is 0 Å². The molecule has 6 heteroatoms. The van der Waals surface area contributed by atoms with Gasteiger partial charge in [0.2, 0.25) is 11.8 Å². The number of imide groups is 1. The SMILES string of the molecule is COC(=O)C(C)CNC1CCC(=O)N(C)C1=O. The summed E-state index contributed by atoms with van der Waals surface area (Å²) in [5, 5.41) is 2.99. The fraction of sp³-hybridized carbons (Fsp3) is 0.727. The van der Waals surface area contributed by atoms with E-state index in [1.165, 1.54) is 14.2 Å². The van der Waals surface area contributed by atoms with Crippen LogP contribution in [0, 0.1) is 5.92 Å². The number of carbonyl (C=O) groups excluding carboxylic acids is 3. The van der Waals surface area contributed by atoms with Crippen molar-refractivity contribution < 1.29 is 19.1 Å². The fourth-order valence-electron chi connectivity index (χ4n) is 1.71. The molecule has 0 spiro atoms. The van der Waals surface area contributed by atoms with Crippen molar-refractivity contribution in [3.8, 4) is 0 Å². The Balaban J connectivity index is 2.45. The molecule has 0 aromatic carbocycles. The Hall–Kier alpha value is -1.43. The first-order chi connectivity index (χ1) is 7.97. The normalized spacial score (nSPS) is 22.5. The number of methoxy groups -OCH3 is 1. The van der Waals surface area contributed by atoms with Crippen molar-refractivity contribution >= 4 is 17.8 Å². The van der Waals surface area contributed by atoms with Crippen LogP contribution in [0.15, 0.2) is 0 Å². The van der Waals surface area contributed by atoms with Gasteiger partial charge in [-0.05, 0) is 6.42 Å². The number of piperidine rings is 1. The van der Waals surface area contributed by atoms with Crippen LogP contribution in [0.4, 0.5) is 0 Å². The summed E-state index contributed by atoms with van der Waals surface area (Å²) >= 11 is 0. The molecule has 0 aromatic heterocycles. The summed E-state index contributed by atoms with van der Waals surface area (Å²) < 4.78 is 4.59. The topological polar surface area (TPSA) is 75.7 Å². The lowest BCUT2D eigenvalue weighted by Crippen LogP contribution is -2.52.